The van der Waals surface area contributed by atoms with Crippen molar-refractivity contribution >= 4 is 11.7 Å². The summed E-state index contributed by atoms with van der Waals surface area (Å²) in [6, 6.07) is 5.51. The Kier molecular flexibility index (Phi) is 4.15. The maximum atomic E-state index is 13.4. The van der Waals surface area contributed by atoms with E-state index in [9.17, 15) is 9.18 Å². The van der Waals surface area contributed by atoms with Crippen LogP contribution in [-0.2, 0) is 4.79 Å². The van der Waals surface area contributed by atoms with Gasteiger partial charge < -0.3 is 10.1 Å². The van der Waals surface area contributed by atoms with Crippen molar-refractivity contribution in [1.29, 1.82) is 5.26 Å². The van der Waals surface area contributed by atoms with Crippen LogP contribution in [0.4, 0.5) is 10.2 Å². The Bertz CT molecular complexity index is 887. The van der Waals surface area contributed by atoms with Crippen LogP contribution < -0.4 is 10.1 Å². The standard InChI is InChI=1S/C19H19FN4O2/c1-18(2)16(19(18,3)4)17(25)24-14-9-23-15(10-22-14)26-13-6-11(8-21)5-12(20)7-13/h5-7,9-10,16H,1-4H3,(H,22,24,25). The number of halogens is 1. The molecular formula is C19H19FN4O2. The molecule has 0 radical (unpaired) electrons. The summed E-state index contributed by atoms with van der Waals surface area (Å²) in [5.74, 6) is -0.168. The molecule has 26 heavy (non-hydrogen) atoms. The van der Waals surface area contributed by atoms with Crippen molar-refractivity contribution in [3.63, 3.8) is 0 Å². The number of benzene rings is 1. The number of nitriles is 1. The monoisotopic (exact) mass is 354 g/mol. The van der Waals surface area contributed by atoms with Gasteiger partial charge in [0.25, 0.3) is 0 Å². The van der Waals surface area contributed by atoms with Crippen molar-refractivity contribution in [2.24, 2.45) is 16.7 Å². The predicted octanol–water partition coefficient (Wildman–Crippen LogP) is 3.90. The SMILES string of the molecule is CC1(C)C(C(=O)Nc2cnc(Oc3cc(F)cc(C#N)c3)cn2)C1(C)C. The zero-order valence-corrected chi connectivity index (χ0v) is 15.0. The fraction of sp³-hybridized carbons (Fsp3) is 0.368. The second-order valence-corrected chi connectivity index (χ2v) is 7.49. The summed E-state index contributed by atoms with van der Waals surface area (Å²) in [5.41, 5.74) is 0.0128. The summed E-state index contributed by atoms with van der Waals surface area (Å²) in [6.07, 6.45) is 2.70. The molecule has 0 unspecified atom stereocenters. The van der Waals surface area contributed by atoms with E-state index >= 15 is 0 Å². The van der Waals surface area contributed by atoms with E-state index in [4.69, 9.17) is 10.00 Å². The molecule has 0 bridgehead atoms. The minimum atomic E-state index is -0.578. The van der Waals surface area contributed by atoms with Crippen LogP contribution in [0.2, 0.25) is 0 Å². The highest BCUT2D eigenvalue weighted by atomic mass is 19.1. The first kappa shape index (κ1) is 17.8. The molecule has 2 aromatic rings. The van der Waals surface area contributed by atoms with Gasteiger partial charge in [-0.1, -0.05) is 27.7 Å². The number of carbonyl (C=O) groups is 1. The van der Waals surface area contributed by atoms with Crippen LogP contribution in [0.1, 0.15) is 33.3 Å². The van der Waals surface area contributed by atoms with Gasteiger partial charge >= 0.3 is 0 Å². The van der Waals surface area contributed by atoms with Gasteiger partial charge in [-0.05, 0) is 23.0 Å². The molecule has 134 valence electrons. The molecule has 1 aromatic heterocycles. The molecule has 0 spiro atoms. The van der Waals surface area contributed by atoms with Crippen LogP contribution in [0.5, 0.6) is 11.6 Å². The summed E-state index contributed by atoms with van der Waals surface area (Å²) >= 11 is 0. The zero-order chi connectivity index (χ0) is 19.1. The highest BCUT2D eigenvalue weighted by Gasteiger charge is 2.68. The number of carbonyl (C=O) groups excluding carboxylic acids is 1. The lowest BCUT2D eigenvalue weighted by molar-refractivity contribution is -0.118. The molecule has 1 N–H and O–H groups in total. The number of nitrogens with one attached hydrogen (secondary N) is 1. The molecular weight excluding hydrogens is 335 g/mol. The number of ether oxygens (including phenoxy) is 1. The second kappa shape index (κ2) is 6.06. The van der Waals surface area contributed by atoms with Crippen molar-refractivity contribution in [1.82, 2.24) is 9.97 Å². The third kappa shape index (κ3) is 3.10. The van der Waals surface area contributed by atoms with Gasteiger partial charge in [0.15, 0.2) is 5.82 Å². The minimum absolute atomic E-state index is 0.0661. The number of nitrogens with zero attached hydrogens (tertiary/aromatic N) is 3. The highest BCUT2D eigenvalue weighted by molar-refractivity contribution is 5.95. The Morgan fingerprint density at radius 3 is 2.42 bits per heavy atom. The number of hydrogen-bond acceptors (Lipinski definition) is 5. The first-order valence-electron chi connectivity index (χ1n) is 8.16. The van der Waals surface area contributed by atoms with E-state index in [1.165, 1.54) is 18.5 Å². The van der Waals surface area contributed by atoms with Gasteiger partial charge in [-0.25, -0.2) is 14.4 Å². The lowest BCUT2D eigenvalue weighted by Gasteiger charge is -2.07. The van der Waals surface area contributed by atoms with Gasteiger partial charge in [-0.2, -0.15) is 5.26 Å². The van der Waals surface area contributed by atoms with Crippen molar-refractivity contribution in [3.8, 4) is 17.7 Å². The van der Waals surface area contributed by atoms with E-state index in [-0.39, 0.29) is 39.8 Å². The average Bonchev–Trinajstić information content (AvgIpc) is 2.97. The molecule has 1 saturated carbocycles. The lowest BCUT2D eigenvalue weighted by Crippen LogP contribution is -2.18. The Morgan fingerprint density at radius 2 is 1.88 bits per heavy atom. The average molecular weight is 354 g/mol. The van der Waals surface area contributed by atoms with Crippen molar-refractivity contribution < 1.29 is 13.9 Å². The summed E-state index contributed by atoms with van der Waals surface area (Å²) in [4.78, 5) is 20.6. The molecule has 1 amide bonds. The lowest BCUT2D eigenvalue weighted by atomic mass is 10.0. The van der Waals surface area contributed by atoms with E-state index in [2.05, 4.69) is 43.0 Å². The highest BCUT2D eigenvalue weighted by Crippen LogP contribution is 2.68. The van der Waals surface area contributed by atoms with Gasteiger partial charge in [-0.3, -0.25) is 4.79 Å². The van der Waals surface area contributed by atoms with Gasteiger partial charge in [0.05, 0.1) is 24.0 Å². The van der Waals surface area contributed by atoms with Crippen molar-refractivity contribution in [2.45, 2.75) is 27.7 Å². The maximum Gasteiger partial charge on any atom is 0.237 e. The van der Waals surface area contributed by atoms with E-state index in [0.717, 1.165) is 12.1 Å². The Labute approximate surface area is 151 Å². The minimum Gasteiger partial charge on any atom is -0.437 e. The van der Waals surface area contributed by atoms with Crippen LogP contribution in [0.25, 0.3) is 0 Å². The van der Waals surface area contributed by atoms with Gasteiger partial charge in [-0.15, -0.1) is 0 Å². The van der Waals surface area contributed by atoms with Crippen molar-refractivity contribution in [3.05, 3.63) is 42.0 Å². The first-order valence-corrected chi connectivity index (χ1v) is 8.16. The van der Waals surface area contributed by atoms with Crippen LogP contribution >= 0.6 is 0 Å². The number of aromatic nitrogens is 2. The Hall–Kier alpha value is -3.01. The summed E-state index contributed by atoms with van der Waals surface area (Å²) in [7, 11) is 0. The second-order valence-electron chi connectivity index (χ2n) is 7.49. The molecule has 1 heterocycles. The summed E-state index contributed by atoms with van der Waals surface area (Å²) in [6.45, 7) is 8.26. The van der Waals surface area contributed by atoms with E-state index in [1.54, 1.807) is 0 Å². The van der Waals surface area contributed by atoms with Crippen LogP contribution in [0.15, 0.2) is 30.6 Å². The largest absolute Gasteiger partial charge is 0.437 e. The van der Waals surface area contributed by atoms with Crippen LogP contribution in [0.3, 0.4) is 0 Å². The third-order valence-electron chi connectivity index (χ3n) is 5.39. The fourth-order valence-corrected chi connectivity index (χ4v) is 3.29. The number of amides is 1. The molecule has 6 nitrogen and oxygen atoms in total. The molecule has 0 aliphatic heterocycles. The Morgan fingerprint density at radius 1 is 1.19 bits per heavy atom. The molecule has 7 heteroatoms. The number of rotatable bonds is 4. The number of anilines is 1. The van der Waals surface area contributed by atoms with Crippen LogP contribution in [0, 0.1) is 33.9 Å². The van der Waals surface area contributed by atoms with Gasteiger partial charge in [0.1, 0.15) is 11.6 Å². The van der Waals surface area contributed by atoms with Gasteiger partial charge in [0.2, 0.25) is 11.8 Å². The van der Waals surface area contributed by atoms with E-state index < -0.39 is 5.82 Å². The normalized spacial score (nSPS) is 17.2. The first-order chi connectivity index (χ1) is 12.1. The smallest absolute Gasteiger partial charge is 0.237 e. The van der Waals surface area contributed by atoms with Crippen LogP contribution in [-0.4, -0.2) is 15.9 Å². The maximum absolute atomic E-state index is 13.4. The van der Waals surface area contributed by atoms with E-state index in [0.29, 0.717) is 5.82 Å². The molecule has 3 rings (SSSR count). The molecule has 0 saturated heterocycles. The van der Waals surface area contributed by atoms with Gasteiger partial charge in [0, 0.05) is 12.0 Å². The van der Waals surface area contributed by atoms with E-state index in [1.807, 2.05) is 6.07 Å². The fourth-order valence-electron chi connectivity index (χ4n) is 3.29. The molecule has 1 aromatic carbocycles. The quantitative estimate of drug-likeness (QED) is 0.899. The molecule has 1 aliphatic rings. The van der Waals surface area contributed by atoms with Crippen molar-refractivity contribution in [2.75, 3.05) is 5.32 Å². The Balaban J connectivity index is 1.67. The molecule has 1 fully saturated rings. The molecule has 0 atom stereocenters. The molecule has 1 aliphatic carbocycles. The topological polar surface area (TPSA) is 87.9 Å². The third-order valence-corrected chi connectivity index (χ3v) is 5.39. The zero-order valence-electron chi connectivity index (χ0n) is 15.0. The number of hydrogen-bond donors (Lipinski definition) is 1. The summed E-state index contributed by atoms with van der Waals surface area (Å²) in [5, 5.41) is 11.6. The predicted molar refractivity (Wildman–Crippen MR) is 92.9 cm³/mol. The summed E-state index contributed by atoms with van der Waals surface area (Å²) < 4.78 is 18.8.